The lowest BCUT2D eigenvalue weighted by atomic mass is 10.1. The fourth-order valence-electron chi connectivity index (χ4n) is 2.57. The Labute approximate surface area is 157 Å². The summed E-state index contributed by atoms with van der Waals surface area (Å²) in [6.45, 7) is 0.667. The molecule has 1 aromatic heterocycles. The van der Waals surface area contributed by atoms with Gasteiger partial charge in [0.25, 0.3) is 0 Å². The molecule has 1 heterocycles. The van der Waals surface area contributed by atoms with E-state index in [0.717, 1.165) is 11.4 Å². The molecule has 4 nitrogen and oxygen atoms in total. The maximum absolute atomic E-state index is 6.02. The normalized spacial score (nSPS) is 11.8. The molecule has 128 valence electrons. The van der Waals surface area contributed by atoms with Crippen LogP contribution in [0, 0.1) is 0 Å². The molecule has 0 amide bonds. The molecular formula is C19H19ClN4S. The molecule has 0 fully saturated rings. The molecule has 3 rings (SSSR count). The van der Waals surface area contributed by atoms with E-state index >= 15 is 0 Å². The Kier molecular flexibility index (Phi) is 5.68. The number of hydrogen-bond acceptors (Lipinski definition) is 2. The van der Waals surface area contributed by atoms with E-state index in [1.54, 1.807) is 6.20 Å². The number of nitrogens with one attached hydrogen (secondary N) is 2. The minimum atomic E-state index is -0.159. The Bertz CT molecular complexity index is 830. The summed E-state index contributed by atoms with van der Waals surface area (Å²) >= 11 is 11.5. The van der Waals surface area contributed by atoms with Crippen molar-refractivity contribution in [2.75, 3.05) is 0 Å². The van der Waals surface area contributed by atoms with Crippen LogP contribution in [0.4, 0.5) is 0 Å². The predicted molar refractivity (Wildman–Crippen MR) is 106 cm³/mol. The monoisotopic (exact) mass is 370 g/mol. The first kappa shape index (κ1) is 17.5. The highest BCUT2D eigenvalue weighted by atomic mass is 35.5. The number of aromatic nitrogens is 2. The summed E-state index contributed by atoms with van der Waals surface area (Å²) in [4.78, 5) is 4.47. The third-order valence-electron chi connectivity index (χ3n) is 3.89. The van der Waals surface area contributed by atoms with Gasteiger partial charge in [-0.1, -0.05) is 54.1 Å². The van der Waals surface area contributed by atoms with Crippen molar-refractivity contribution in [1.82, 2.24) is 20.2 Å². The average Bonchev–Trinajstić information content (AvgIpc) is 3.05. The van der Waals surface area contributed by atoms with Gasteiger partial charge in [-0.2, -0.15) is 0 Å². The first-order chi connectivity index (χ1) is 12.1. The van der Waals surface area contributed by atoms with E-state index in [0.29, 0.717) is 16.7 Å². The second-order valence-electron chi connectivity index (χ2n) is 5.69. The van der Waals surface area contributed by atoms with Gasteiger partial charge in [0.05, 0.1) is 0 Å². The van der Waals surface area contributed by atoms with Crippen LogP contribution in [0.25, 0.3) is 0 Å². The molecule has 0 unspecified atom stereocenters. The fourth-order valence-corrected chi connectivity index (χ4v) is 2.88. The van der Waals surface area contributed by atoms with Crippen molar-refractivity contribution in [2.24, 2.45) is 7.05 Å². The smallest absolute Gasteiger partial charge is 0.167 e. The first-order valence-electron chi connectivity index (χ1n) is 7.94. The van der Waals surface area contributed by atoms with Crippen molar-refractivity contribution < 1.29 is 0 Å². The third kappa shape index (κ3) is 4.59. The zero-order valence-corrected chi connectivity index (χ0v) is 15.4. The molecule has 2 aromatic carbocycles. The molecule has 0 aliphatic heterocycles. The van der Waals surface area contributed by atoms with Crippen molar-refractivity contribution in [2.45, 2.75) is 12.6 Å². The molecule has 0 spiro atoms. The maximum Gasteiger partial charge on any atom is 0.167 e. The summed E-state index contributed by atoms with van der Waals surface area (Å²) in [6, 6.07) is 17.7. The Balaban J connectivity index is 1.74. The van der Waals surface area contributed by atoms with Crippen LogP contribution in [0.1, 0.15) is 23.0 Å². The number of imidazole rings is 1. The van der Waals surface area contributed by atoms with Crippen LogP contribution < -0.4 is 10.6 Å². The molecule has 0 bridgehead atoms. The van der Waals surface area contributed by atoms with Crippen LogP contribution in [-0.4, -0.2) is 14.7 Å². The number of halogens is 1. The van der Waals surface area contributed by atoms with Gasteiger partial charge in [0.15, 0.2) is 5.11 Å². The standard InChI is InChI=1S/C19H19ClN4S/c1-24-12-11-21-18(24)17(15-7-9-16(20)10-8-15)23-19(25)22-13-14-5-3-2-4-6-14/h2-12,17H,13H2,1H3,(H2,22,23,25)/t17-/m1/s1. The van der Waals surface area contributed by atoms with Gasteiger partial charge in [0.2, 0.25) is 0 Å². The quantitative estimate of drug-likeness (QED) is 0.670. The molecule has 1 atom stereocenters. The lowest BCUT2D eigenvalue weighted by molar-refractivity contribution is 0.651. The van der Waals surface area contributed by atoms with E-state index < -0.39 is 0 Å². The van der Waals surface area contributed by atoms with Crippen LogP contribution in [0.3, 0.4) is 0 Å². The molecule has 0 aliphatic rings. The molecule has 0 radical (unpaired) electrons. The number of rotatable bonds is 5. The average molecular weight is 371 g/mol. The van der Waals surface area contributed by atoms with Crippen molar-refractivity contribution in [3.8, 4) is 0 Å². The predicted octanol–water partition coefficient (Wildman–Crippen LogP) is 3.83. The molecule has 0 aliphatic carbocycles. The van der Waals surface area contributed by atoms with Gasteiger partial charge in [0.1, 0.15) is 11.9 Å². The molecule has 25 heavy (non-hydrogen) atoms. The summed E-state index contributed by atoms with van der Waals surface area (Å²) in [5.41, 5.74) is 2.22. The fraction of sp³-hybridized carbons (Fsp3) is 0.158. The van der Waals surface area contributed by atoms with E-state index in [1.165, 1.54) is 5.56 Å². The molecule has 2 N–H and O–H groups in total. The Morgan fingerprint density at radius 2 is 1.88 bits per heavy atom. The summed E-state index contributed by atoms with van der Waals surface area (Å²) in [5, 5.41) is 7.89. The van der Waals surface area contributed by atoms with Gasteiger partial charge >= 0.3 is 0 Å². The van der Waals surface area contributed by atoms with Crippen LogP contribution in [-0.2, 0) is 13.6 Å². The van der Waals surface area contributed by atoms with Crippen LogP contribution in [0.15, 0.2) is 67.0 Å². The third-order valence-corrected chi connectivity index (χ3v) is 4.41. The molecule has 3 aromatic rings. The van der Waals surface area contributed by atoms with Crippen LogP contribution >= 0.6 is 23.8 Å². The number of nitrogens with zero attached hydrogens (tertiary/aromatic N) is 2. The highest BCUT2D eigenvalue weighted by Gasteiger charge is 2.19. The first-order valence-corrected chi connectivity index (χ1v) is 8.73. The van der Waals surface area contributed by atoms with Crippen molar-refractivity contribution in [1.29, 1.82) is 0 Å². The van der Waals surface area contributed by atoms with Gasteiger partial charge in [-0.25, -0.2) is 4.98 Å². The van der Waals surface area contributed by atoms with E-state index in [-0.39, 0.29) is 6.04 Å². The Hall–Kier alpha value is -2.37. The van der Waals surface area contributed by atoms with E-state index in [9.17, 15) is 0 Å². The zero-order chi connectivity index (χ0) is 17.6. The molecule has 0 saturated carbocycles. The second kappa shape index (κ2) is 8.14. The summed E-state index contributed by atoms with van der Waals surface area (Å²) in [5.74, 6) is 0.881. The highest BCUT2D eigenvalue weighted by Crippen LogP contribution is 2.22. The summed E-state index contributed by atoms with van der Waals surface area (Å²) < 4.78 is 1.98. The lowest BCUT2D eigenvalue weighted by Crippen LogP contribution is -2.38. The lowest BCUT2D eigenvalue weighted by Gasteiger charge is -2.21. The zero-order valence-electron chi connectivity index (χ0n) is 13.8. The van der Waals surface area contributed by atoms with Crippen LogP contribution in [0.5, 0.6) is 0 Å². The van der Waals surface area contributed by atoms with E-state index in [1.807, 2.05) is 60.3 Å². The van der Waals surface area contributed by atoms with Crippen molar-refractivity contribution in [3.63, 3.8) is 0 Å². The number of thiocarbonyl (C=S) groups is 1. The highest BCUT2D eigenvalue weighted by molar-refractivity contribution is 7.80. The van der Waals surface area contributed by atoms with E-state index in [4.69, 9.17) is 23.8 Å². The SMILES string of the molecule is Cn1ccnc1[C@H](NC(=S)NCc1ccccc1)c1ccc(Cl)cc1. The number of hydrogen-bond donors (Lipinski definition) is 2. The summed E-state index contributed by atoms with van der Waals surface area (Å²) in [6.07, 6.45) is 3.70. The second-order valence-corrected chi connectivity index (χ2v) is 6.54. The largest absolute Gasteiger partial charge is 0.359 e. The topological polar surface area (TPSA) is 41.9 Å². The number of aryl methyl sites for hydroxylation is 1. The van der Waals surface area contributed by atoms with Gasteiger partial charge in [0, 0.05) is 31.0 Å². The van der Waals surface area contributed by atoms with Gasteiger partial charge < -0.3 is 15.2 Å². The van der Waals surface area contributed by atoms with Gasteiger partial charge in [-0.3, -0.25) is 0 Å². The minimum Gasteiger partial charge on any atom is -0.359 e. The van der Waals surface area contributed by atoms with Gasteiger partial charge in [-0.15, -0.1) is 0 Å². The molecular weight excluding hydrogens is 352 g/mol. The molecule has 0 saturated heterocycles. The van der Waals surface area contributed by atoms with Crippen LogP contribution in [0.2, 0.25) is 5.02 Å². The van der Waals surface area contributed by atoms with E-state index in [2.05, 4.69) is 27.8 Å². The maximum atomic E-state index is 6.02. The Morgan fingerprint density at radius 3 is 2.52 bits per heavy atom. The summed E-state index contributed by atoms with van der Waals surface area (Å²) in [7, 11) is 1.97. The number of benzene rings is 2. The Morgan fingerprint density at radius 1 is 1.16 bits per heavy atom. The van der Waals surface area contributed by atoms with Gasteiger partial charge in [-0.05, 0) is 35.5 Å². The minimum absolute atomic E-state index is 0.159. The van der Waals surface area contributed by atoms with Crippen molar-refractivity contribution >= 4 is 28.9 Å². The molecule has 6 heteroatoms. The van der Waals surface area contributed by atoms with Crippen molar-refractivity contribution in [3.05, 3.63) is 89.0 Å².